The number of nitrogens with zero attached hydrogens (tertiary/aromatic N) is 1. The van der Waals surface area contributed by atoms with Gasteiger partial charge in [0.05, 0.1) is 11.4 Å². The lowest BCUT2D eigenvalue weighted by Crippen LogP contribution is -2.06. The third kappa shape index (κ3) is 3.90. The van der Waals surface area contributed by atoms with Crippen LogP contribution in [-0.4, -0.2) is 10.4 Å². The van der Waals surface area contributed by atoms with E-state index in [9.17, 15) is 9.18 Å². The van der Waals surface area contributed by atoms with Crippen molar-refractivity contribution in [3.05, 3.63) is 89.5 Å². The topological polar surface area (TPSA) is 34.0 Å². The first-order valence-corrected chi connectivity index (χ1v) is 7.85. The van der Waals surface area contributed by atoms with Crippen LogP contribution in [-0.2, 0) is 13.1 Å². The summed E-state index contributed by atoms with van der Waals surface area (Å²) in [6.45, 7) is 2.78. The second-order valence-corrected chi connectivity index (χ2v) is 5.76. The molecule has 0 aliphatic rings. The van der Waals surface area contributed by atoms with Gasteiger partial charge in [0, 0.05) is 26.2 Å². The van der Waals surface area contributed by atoms with E-state index in [1.54, 1.807) is 19.1 Å². The summed E-state index contributed by atoms with van der Waals surface area (Å²) < 4.78 is 14.9. The summed E-state index contributed by atoms with van der Waals surface area (Å²) in [7, 11) is 0. The van der Waals surface area contributed by atoms with Crippen molar-refractivity contribution in [2.75, 3.05) is 5.32 Å². The highest BCUT2D eigenvalue weighted by atomic mass is 19.1. The second kappa shape index (κ2) is 7.13. The van der Waals surface area contributed by atoms with Crippen LogP contribution in [0.5, 0.6) is 0 Å². The van der Waals surface area contributed by atoms with E-state index in [-0.39, 0.29) is 11.6 Å². The van der Waals surface area contributed by atoms with Gasteiger partial charge in [-0.15, -0.1) is 0 Å². The van der Waals surface area contributed by atoms with Crippen molar-refractivity contribution in [2.24, 2.45) is 0 Å². The standard InChI is InChI=1S/C20H19FN2O/c1-15(24)20-11-19(22-12-16-5-3-2-4-6-16)14-23(20)13-17-7-9-18(21)10-8-17/h2-11,14,22H,12-13H2,1H3. The zero-order chi connectivity index (χ0) is 16.9. The van der Waals surface area contributed by atoms with E-state index < -0.39 is 0 Å². The smallest absolute Gasteiger partial charge is 0.176 e. The molecule has 3 rings (SSSR count). The summed E-state index contributed by atoms with van der Waals surface area (Å²) in [5, 5.41) is 3.34. The normalized spacial score (nSPS) is 10.6. The summed E-state index contributed by atoms with van der Waals surface area (Å²) in [6.07, 6.45) is 1.92. The number of carbonyl (C=O) groups is 1. The van der Waals surface area contributed by atoms with Crippen molar-refractivity contribution in [1.82, 2.24) is 4.57 Å². The number of aromatic nitrogens is 1. The van der Waals surface area contributed by atoms with Crippen LogP contribution < -0.4 is 5.32 Å². The Morgan fingerprint density at radius 2 is 1.75 bits per heavy atom. The summed E-state index contributed by atoms with van der Waals surface area (Å²) in [5.74, 6) is -0.256. The molecule has 0 unspecified atom stereocenters. The van der Waals surface area contributed by atoms with E-state index in [4.69, 9.17) is 0 Å². The molecule has 1 heterocycles. The van der Waals surface area contributed by atoms with Gasteiger partial charge in [-0.3, -0.25) is 4.79 Å². The molecule has 0 bridgehead atoms. The van der Waals surface area contributed by atoms with Crippen molar-refractivity contribution in [1.29, 1.82) is 0 Å². The monoisotopic (exact) mass is 322 g/mol. The molecule has 0 radical (unpaired) electrons. The molecule has 1 N–H and O–H groups in total. The van der Waals surface area contributed by atoms with Gasteiger partial charge in [0.15, 0.2) is 5.78 Å². The lowest BCUT2D eigenvalue weighted by molar-refractivity contribution is 0.100. The highest BCUT2D eigenvalue weighted by molar-refractivity contribution is 5.93. The molecule has 3 nitrogen and oxygen atoms in total. The highest BCUT2D eigenvalue weighted by Crippen LogP contribution is 2.18. The molecule has 0 atom stereocenters. The lowest BCUT2D eigenvalue weighted by Gasteiger charge is -2.07. The Kier molecular flexibility index (Phi) is 4.75. The number of hydrogen-bond acceptors (Lipinski definition) is 2. The molecule has 0 aliphatic carbocycles. The van der Waals surface area contributed by atoms with Gasteiger partial charge in [-0.05, 0) is 29.3 Å². The van der Waals surface area contributed by atoms with E-state index >= 15 is 0 Å². The molecular formula is C20H19FN2O. The predicted molar refractivity (Wildman–Crippen MR) is 93.7 cm³/mol. The molecule has 0 saturated carbocycles. The largest absolute Gasteiger partial charge is 0.380 e. The SMILES string of the molecule is CC(=O)c1cc(NCc2ccccc2)cn1Cc1ccc(F)cc1. The van der Waals surface area contributed by atoms with Gasteiger partial charge in [-0.2, -0.15) is 0 Å². The first-order chi connectivity index (χ1) is 11.6. The van der Waals surface area contributed by atoms with Gasteiger partial charge < -0.3 is 9.88 Å². The van der Waals surface area contributed by atoms with E-state index in [1.165, 1.54) is 17.7 Å². The maximum atomic E-state index is 13.0. The first-order valence-electron chi connectivity index (χ1n) is 7.85. The predicted octanol–water partition coefficient (Wildman–Crippen LogP) is 4.49. The zero-order valence-electron chi connectivity index (χ0n) is 13.5. The minimum Gasteiger partial charge on any atom is -0.380 e. The molecule has 4 heteroatoms. The number of Topliss-reactive ketones (excluding diaryl/α,β-unsaturated/α-hetero) is 1. The maximum Gasteiger partial charge on any atom is 0.176 e. The van der Waals surface area contributed by atoms with E-state index in [0.717, 1.165) is 11.3 Å². The summed E-state index contributed by atoms with van der Waals surface area (Å²) in [4.78, 5) is 11.9. The van der Waals surface area contributed by atoms with Crippen molar-refractivity contribution in [2.45, 2.75) is 20.0 Å². The van der Waals surface area contributed by atoms with Crippen LogP contribution in [0, 0.1) is 5.82 Å². The minimum atomic E-state index is -0.261. The number of benzene rings is 2. The van der Waals surface area contributed by atoms with Crippen molar-refractivity contribution in [3.63, 3.8) is 0 Å². The highest BCUT2D eigenvalue weighted by Gasteiger charge is 2.10. The molecule has 122 valence electrons. The van der Waals surface area contributed by atoms with Gasteiger partial charge in [-0.25, -0.2) is 4.39 Å². The van der Waals surface area contributed by atoms with Gasteiger partial charge in [0.25, 0.3) is 0 Å². The van der Waals surface area contributed by atoms with Gasteiger partial charge in [0.1, 0.15) is 5.82 Å². The Labute approximate surface area is 140 Å². The number of nitrogens with one attached hydrogen (secondary N) is 1. The number of ketones is 1. The Hall–Kier alpha value is -2.88. The summed E-state index contributed by atoms with van der Waals surface area (Å²) in [6, 6.07) is 18.3. The Bertz CT molecular complexity index is 823. The fourth-order valence-electron chi connectivity index (χ4n) is 2.62. The number of halogens is 1. The molecule has 3 aromatic rings. The van der Waals surface area contributed by atoms with Crippen LogP contribution in [0.4, 0.5) is 10.1 Å². The van der Waals surface area contributed by atoms with Crippen molar-refractivity contribution < 1.29 is 9.18 Å². The lowest BCUT2D eigenvalue weighted by atomic mass is 10.2. The third-order valence-corrected chi connectivity index (χ3v) is 3.86. The Morgan fingerprint density at radius 1 is 1.04 bits per heavy atom. The van der Waals surface area contributed by atoms with Gasteiger partial charge >= 0.3 is 0 Å². The Morgan fingerprint density at radius 3 is 2.42 bits per heavy atom. The molecule has 0 saturated heterocycles. The summed E-state index contributed by atoms with van der Waals surface area (Å²) in [5.41, 5.74) is 3.65. The molecule has 24 heavy (non-hydrogen) atoms. The first kappa shape index (κ1) is 16.0. The number of hydrogen-bond donors (Lipinski definition) is 1. The Balaban J connectivity index is 1.77. The number of rotatable bonds is 6. The van der Waals surface area contributed by atoms with Crippen LogP contribution in [0.1, 0.15) is 28.5 Å². The van der Waals surface area contributed by atoms with Gasteiger partial charge in [0.2, 0.25) is 0 Å². The fraction of sp³-hybridized carbons (Fsp3) is 0.150. The maximum absolute atomic E-state index is 13.0. The van der Waals surface area contributed by atoms with Crippen molar-refractivity contribution in [3.8, 4) is 0 Å². The molecular weight excluding hydrogens is 303 g/mol. The number of anilines is 1. The fourth-order valence-corrected chi connectivity index (χ4v) is 2.62. The van der Waals surface area contributed by atoms with E-state index in [1.807, 2.05) is 47.2 Å². The van der Waals surface area contributed by atoms with Crippen molar-refractivity contribution >= 4 is 11.5 Å². The van der Waals surface area contributed by atoms with Crippen LogP contribution in [0.25, 0.3) is 0 Å². The van der Waals surface area contributed by atoms with Crippen LogP contribution in [0.3, 0.4) is 0 Å². The van der Waals surface area contributed by atoms with E-state index in [2.05, 4.69) is 5.32 Å². The molecule has 0 fully saturated rings. The van der Waals surface area contributed by atoms with Gasteiger partial charge in [-0.1, -0.05) is 42.5 Å². The average Bonchev–Trinajstić information content (AvgIpc) is 2.99. The quantitative estimate of drug-likeness (QED) is 0.678. The van der Waals surface area contributed by atoms with Crippen LogP contribution in [0.15, 0.2) is 66.9 Å². The number of carbonyl (C=O) groups excluding carboxylic acids is 1. The average molecular weight is 322 g/mol. The minimum absolute atomic E-state index is 0.00451. The van der Waals surface area contributed by atoms with E-state index in [0.29, 0.717) is 18.8 Å². The second-order valence-electron chi connectivity index (χ2n) is 5.76. The summed E-state index contributed by atoms with van der Waals surface area (Å²) >= 11 is 0. The third-order valence-electron chi connectivity index (χ3n) is 3.86. The zero-order valence-corrected chi connectivity index (χ0v) is 13.5. The van der Waals surface area contributed by atoms with Crippen LogP contribution in [0.2, 0.25) is 0 Å². The molecule has 2 aromatic carbocycles. The molecule has 1 aromatic heterocycles. The molecule has 0 aliphatic heterocycles. The molecule has 0 spiro atoms. The van der Waals surface area contributed by atoms with Crippen LogP contribution >= 0.6 is 0 Å². The molecule has 0 amide bonds.